The van der Waals surface area contributed by atoms with Crippen molar-refractivity contribution in [3.8, 4) is 6.07 Å². The van der Waals surface area contributed by atoms with Crippen LogP contribution in [0.4, 0.5) is 11.4 Å². The lowest BCUT2D eigenvalue weighted by atomic mass is 10.1. The molecule has 1 fully saturated rings. The summed E-state index contributed by atoms with van der Waals surface area (Å²) in [4.78, 5) is 2.14. The van der Waals surface area contributed by atoms with Crippen LogP contribution in [0.5, 0.6) is 0 Å². The molecule has 1 aliphatic rings. The molecule has 7 heteroatoms. The van der Waals surface area contributed by atoms with Crippen molar-refractivity contribution in [3.05, 3.63) is 53.6 Å². The van der Waals surface area contributed by atoms with E-state index in [9.17, 15) is 8.42 Å². The molecule has 130 valence electrons. The minimum atomic E-state index is -3.84. The number of benzene rings is 2. The summed E-state index contributed by atoms with van der Waals surface area (Å²) >= 11 is 0. The van der Waals surface area contributed by atoms with E-state index in [4.69, 9.17) is 10.00 Å². The maximum Gasteiger partial charge on any atom is 0.263 e. The number of hydrogen-bond donors (Lipinski definition) is 1. The monoisotopic (exact) mass is 357 g/mol. The van der Waals surface area contributed by atoms with Crippen molar-refractivity contribution >= 4 is 21.4 Å². The number of nitrogens with zero attached hydrogens (tertiary/aromatic N) is 2. The highest BCUT2D eigenvalue weighted by Crippen LogP contribution is 2.27. The SMILES string of the molecule is Cc1ccc(N2CCOCC2)cc1NS(=O)(=O)c1ccccc1C#N. The first-order chi connectivity index (χ1) is 12.0. The third kappa shape index (κ3) is 3.76. The van der Waals surface area contributed by atoms with E-state index < -0.39 is 10.0 Å². The zero-order valence-electron chi connectivity index (χ0n) is 13.9. The smallest absolute Gasteiger partial charge is 0.263 e. The Morgan fingerprint density at radius 3 is 2.60 bits per heavy atom. The summed E-state index contributed by atoms with van der Waals surface area (Å²) < 4.78 is 33.4. The fraction of sp³-hybridized carbons (Fsp3) is 0.278. The van der Waals surface area contributed by atoms with Crippen LogP contribution in [-0.4, -0.2) is 34.7 Å². The van der Waals surface area contributed by atoms with Gasteiger partial charge in [0.1, 0.15) is 11.0 Å². The van der Waals surface area contributed by atoms with Gasteiger partial charge in [0.25, 0.3) is 10.0 Å². The van der Waals surface area contributed by atoms with Crippen molar-refractivity contribution in [2.75, 3.05) is 35.9 Å². The topological polar surface area (TPSA) is 82.4 Å². The van der Waals surface area contributed by atoms with Gasteiger partial charge in [-0.25, -0.2) is 8.42 Å². The number of nitrogens with one attached hydrogen (secondary N) is 1. The summed E-state index contributed by atoms with van der Waals surface area (Å²) in [6.45, 7) is 4.70. The Labute approximate surface area is 147 Å². The maximum absolute atomic E-state index is 12.7. The number of morpholine rings is 1. The van der Waals surface area contributed by atoms with Crippen molar-refractivity contribution in [3.63, 3.8) is 0 Å². The van der Waals surface area contributed by atoms with Crippen molar-refractivity contribution in [2.45, 2.75) is 11.8 Å². The molecule has 6 nitrogen and oxygen atoms in total. The number of ether oxygens (including phenoxy) is 1. The highest BCUT2D eigenvalue weighted by Gasteiger charge is 2.20. The summed E-state index contributed by atoms with van der Waals surface area (Å²) in [5.74, 6) is 0. The van der Waals surface area contributed by atoms with Gasteiger partial charge < -0.3 is 9.64 Å². The van der Waals surface area contributed by atoms with Crippen LogP contribution in [0.25, 0.3) is 0 Å². The second-order valence-corrected chi connectivity index (χ2v) is 7.46. The van der Waals surface area contributed by atoms with E-state index in [-0.39, 0.29) is 10.5 Å². The minimum Gasteiger partial charge on any atom is -0.378 e. The normalized spacial score (nSPS) is 14.8. The number of nitriles is 1. The molecular weight excluding hydrogens is 338 g/mol. The van der Waals surface area contributed by atoms with Crippen LogP contribution in [0.1, 0.15) is 11.1 Å². The average molecular weight is 357 g/mol. The zero-order valence-corrected chi connectivity index (χ0v) is 14.7. The van der Waals surface area contributed by atoms with Crippen LogP contribution in [0, 0.1) is 18.3 Å². The van der Waals surface area contributed by atoms with E-state index in [1.54, 1.807) is 12.1 Å². The minimum absolute atomic E-state index is 0.0197. The predicted molar refractivity (Wildman–Crippen MR) is 96.2 cm³/mol. The van der Waals surface area contributed by atoms with Gasteiger partial charge in [-0.05, 0) is 36.8 Å². The molecule has 1 heterocycles. The van der Waals surface area contributed by atoms with E-state index in [0.717, 1.165) is 24.3 Å². The van der Waals surface area contributed by atoms with Crippen LogP contribution in [0.15, 0.2) is 47.4 Å². The van der Waals surface area contributed by atoms with Gasteiger partial charge in [0, 0.05) is 18.8 Å². The molecule has 1 aliphatic heterocycles. The Balaban J connectivity index is 1.93. The third-order valence-corrected chi connectivity index (χ3v) is 5.56. The quantitative estimate of drug-likeness (QED) is 0.909. The largest absolute Gasteiger partial charge is 0.378 e. The van der Waals surface area contributed by atoms with Gasteiger partial charge in [0.2, 0.25) is 0 Å². The molecule has 2 aromatic rings. The molecular formula is C18H19N3O3S. The maximum atomic E-state index is 12.7. The third-order valence-electron chi connectivity index (χ3n) is 4.14. The van der Waals surface area contributed by atoms with Gasteiger partial charge in [0.05, 0.1) is 24.5 Å². The lowest BCUT2D eigenvalue weighted by Crippen LogP contribution is -2.36. The van der Waals surface area contributed by atoms with Gasteiger partial charge >= 0.3 is 0 Å². The standard InChI is InChI=1S/C18H19N3O3S/c1-14-6-7-16(21-8-10-24-11-9-21)12-17(14)20-25(22,23)18-5-3-2-4-15(18)13-19/h2-7,12,20H,8-11H2,1H3. The Morgan fingerprint density at radius 2 is 1.88 bits per heavy atom. The lowest BCUT2D eigenvalue weighted by molar-refractivity contribution is 0.122. The Kier molecular flexibility index (Phi) is 4.93. The molecule has 0 bridgehead atoms. The Hall–Kier alpha value is -2.56. The molecule has 1 saturated heterocycles. The molecule has 0 atom stereocenters. The van der Waals surface area contributed by atoms with Crippen LogP contribution >= 0.6 is 0 Å². The zero-order chi connectivity index (χ0) is 17.9. The molecule has 0 saturated carbocycles. The molecule has 3 rings (SSSR count). The second-order valence-electron chi connectivity index (χ2n) is 5.81. The number of anilines is 2. The molecule has 0 radical (unpaired) electrons. The van der Waals surface area contributed by atoms with Crippen molar-refractivity contribution in [2.24, 2.45) is 0 Å². The average Bonchev–Trinajstić information content (AvgIpc) is 2.64. The first-order valence-corrected chi connectivity index (χ1v) is 9.45. The molecule has 25 heavy (non-hydrogen) atoms. The van der Waals surface area contributed by atoms with Gasteiger partial charge in [-0.3, -0.25) is 4.72 Å². The van der Waals surface area contributed by atoms with Crippen LogP contribution in [0.3, 0.4) is 0 Å². The van der Waals surface area contributed by atoms with E-state index in [1.807, 2.05) is 31.2 Å². The Bertz CT molecular complexity index is 913. The highest BCUT2D eigenvalue weighted by molar-refractivity contribution is 7.92. The fourth-order valence-electron chi connectivity index (χ4n) is 2.73. The molecule has 0 amide bonds. The summed E-state index contributed by atoms with van der Waals surface area (Å²) in [6, 6.07) is 13.8. The van der Waals surface area contributed by atoms with Crippen molar-refractivity contribution in [1.82, 2.24) is 0 Å². The first-order valence-electron chi connectivity index (χ1n) is 7.96. The first kappa shape index (κ1) is 17.3. The molecule has 1 N–H and O–H groups in total. The van der Waals surface area contributed by atoms with E-state index in [2.05, 4.69) is 9.62 Å². The van der Waals surface area contributed by atoms with Gasteiger partial charge in [0.15, 0.2) is 0 Å². The van der Waals surface area contributed by atoms with Crippen molar-refractivity contribution < 1.29 is 13.2 Å². The summed E-state index contributed by atoms with van der Waals surface area (Å²) in [5.41, 5.74) is 2.39. The number of aryl methyl sites for hydroxylation is 1. The van der Waals surface area contributed by atoms with Crippen LogP contribution in [0.2, 0.25) is 0 Å². The van der Waals surface area contributed by atoms with Crippen LogP contribution in [-0.2, 0) is 14.8 Å². The molecule has 0 aromatic heterocycles. The number of hydrogen-bond acceptors (Lipinski definition) is 5. The van der Waals surface area contributed by atoms with E-state index in [1.165, 1.54) is 12.1 Å². The van der Waals surface area contributed by atoms with Gasteiger partial charge in [-0.2, -0.15) is 5.26 Å². The van der Waals surface area contributed by atoms with E-state index in [0.29, 0.717) is 18.9 Å². The molecule has 0 unspecified atom stereocenters. The lowest BCUT2D eigenvalue weighted by Gasteiger charge is -2.29. The molecule has 2 aromatic carbocycles. The van der Waals surface area contributed by atoms with Crippen LogP contribution < -0.4 is 9.62 Å². The highest BCUT2D eigenvalue weighted by atomic mass is 32.2. The number of rotatable bonds is 4. The summed E-state index contributed by atoms with van der Waals surface area (Å²) in [5, 5.41) is 9.16. The number of sulfonamides is 1. The Morgan fingerprint density at radius 1 is 1.16 bits per heavy atom. The van der Waals surface area contributed by atoms with E-state index >= 15 is 0 Å². The summed E-state index contributed by atoms with van der Waals surface area (Å²) in [7, 11) is -3.84. The van der Waals surface area contributed by atoms with Gasteiger partial charge in [-0.1, -0.05) is 18.2 Å². The molecule has 0 aliphatic carbocycles. The predicted octanol–water partition coefficient (Wildman–Crippen LogP) is 2.50. The van der Waals surface area contributed by atoms with Crippen molar-refractivity contribution in [1.29, 1.82) is 5.26 Å². The fourth-order valence-corrected chi connectivity index (χ4v) is 4.01. The summed E-state index contributed by atoms with van der Waals surface area (Å²) in [6.07, 6.45) is 0. The molecule has 0 spiro atoms. The second kappa shape index (κ2) is 7.13. The van der Waals surface area contributed by atoms with Gasteiger partial charge in [-0.15, -0.1) is 0 Å².